The van der Waals surface area contributed by atoms with E-state index in [4.69, 9.17) is 0 Å². The Morgan fingerprint density at radius 2 is 1.69 bits per heavy atom. The molecule has 2 aromatic carbocycles. The number of hydrogen-bond acceptors (Lipinski definition) is 4. The number of nitrogens with one attached hydrogen (secondary N) is 1. The maximum atomic E-state index is 12.6. The number of anilines is 1. The number of aryl methyl sites for hydroxylation is 1. The number of aromatic nitrogens is 2. The Morgan fingerprint density at radius 3 is 2.38 bits per heavy atom. The van der Waals surface area contributed by atoms with Crippen molar-refractivity contribution in [2.45, 2.75) is 32.7 Å². The van der Waals surface area contributed by atoms with E-state index in [0.29, 0.717) is 5.56 Å². The number of carbonyl (C=O) groups is 1. The van der Waals surface area contributed by atoms with Crippen LogP contribution in [0.25, 0.3) is 11.3 Å². The van der Waals surface area contributed by atoms with Gasteiger partial charge in [0.2, 0.25) is 0 Å². The average molecular weight is 386 g/mol. The molecule has 1 saturated heterocycles. The van der Waals surface area contributed by atoms with E-state index in [2.05, 4.69) is 51.4 Å². The molecule has 0 bridgehead atoms. The minimum absolute atomic E-state index is 0.0485. The normalized spacial score (nSPS) is 14.6. The Morgan fingerprint density at radius 1 is 1.00 bits per heavy atom. The van der Waals surface area contributed by atoms with E-state index >= 15 is 0 Å². The van der Waals surface area contributed by atoms with E-state index < -0.39 is 0 Å². The molecule has 148 valence electrons. The van der Waals surface area contributed by atoms with Gasteiger partial charge in [0.15, 0.2) is 0 Å². The molecule has 1 aliphatic rings. The topological polar surface area (TPSA) is 58.1 Å². The molecular formula is C24H26N4O. The molecular weight excluding hydrogens is 360 g/mol. The second kappa shape index (κ2) is 8.43. The summed E-state index contributed by atoms with van der Waals surface area (Å²) in [5.74, 6) is 0.895. The van der Waals surface area contributed by atoms with Crippen molar-refractivity contribution in [3.05, 3.63) is 77.6 Å². The molecule has 1 N–H and O–H groups in total. The van der Waals surface area contributed by atoms with Crippen molar-refractivity contribution >= 4 is 11.7 Å². The largest absolute Gasteiger partial charge is 0.357 e. The third-order valence-electron chi connectivity index (χ3n) is 5.45. The van der Waals surface area contributed by atoms with Crippen molar-refractivity contribution in [2.24, 2.45) is 0 Å². The third-order valence-corrected chi connectivity index (χ3v) is 5.45. The first-order valence-corrected chi connectivity index (χ1v) is 10.1. The summed E-state index contributed by atoms with van der Waals surface area (Å²) in [4.78, 5) is 23.7. The minimum Gasteiger partial charge on any atom is -0.357 e. The third kappa shape index (κ3) is 4.45. The van der Waals surface area contributed by atoms with Gasteiger partial charge in [0.05, 0.1) is 11.7 Å². The lowest BCUT2D eigenvalue weighted by molar-refractivity contribution is 0.0940. The highest BCUT2D eigenvalue weighted by Gasteiger charge is 2.15. The van der Waals surface area contributed by atoms with Gasteiger partial charge in [0.1, 0.15) is 12.1 Å². The summed E-state index contributed by atoms with van der Waals surface area (Å²) in [7, 11) is 0. The number of carbonyl (C=O) groups excluding carboxylic acids is 1. The number of rotatable bonds is 5. The smallest absolute Gasteiger partial charge is 0.251 e. The van der Waals surface area contributed by atoms with Crippen molar-refractivity contribution in [3.63, 3.8) is 0 Å². The fourth-order valence-corrected chi connectivity index (χ4v) is 3.63. The molecule has 1 atom stereocenters. The van der Waals surface area contributed by atoms with E-state index in [0.717, 1.165) is 35.7 Å². The first kappa shape index (κ1) is 19.1. The fourth-order valence-electron chi connectivity index (χ4n) is 3.63. The predicted molar refractivity (Wildman–Crippen MR) is 116 cm³/mol. The standard InChI is InChI=1S/C24H26N4O/c1-17-5-7-19(8-6-17)18(2)27-24(29)21-11-9-20(10-12-21)22-15-23(26-16-25-22)28-13-3-4-14-28/h5-12,15-16,18H,3-4,13-14H2,1-2H3,(H,27,29). The Bertz CT molecular complexity index is 977. The lowest BCUT2D eigenvalue weighted by atomic mass is 10.1. The van der Waals surface area contributed by atoms with Gasteiger partial charge in [-0.2, -0.15) is 0 Å². The van der Waals surface area contributed by atoms with Crippen LogP contribution < -0.4 is 10.2 Å². The zero-order valence-electron chi connectivity index (χ0n) is 16.9. The van der Waals surface area contributed by atoms with E-state index in [1.165, 1.54) is 18.4 Å². The molecule has 4 rings (SSSR count). The fraction of sp³-hybridized carbons (Fsp3) is 0.292. The molecule has 5 nitrogen and oxygen atoms in total. The molecule has 1 amide bonds. The molecule has 29 heavy (non-hydrogen) atoms. The molecule has 1 aliphatic heterocycles. The van der Waals surface area contributed by atoms with Gasteiger partial charge < -0.3 is 10.2 Å². The lowest BCUT2D eigenvalue weighted by Crippen LogP contribution is -2.26. The lowest BCUT2D eigenvalue weighted by Gasteiger charge is -2.16. The van der Waals surface area contributed by atoms with Crippen LogP contribution in [0.2, 0.25) is 0 Å². The van der Waals surface area contributed by atoms with Crippen LogP contribution in [0, 0.1) is 6.92 Å². The van der Waals surface area contributed by atoms with Crippen LogP contribution in [0.4, 0.5) is 5.82 Å². The summed E-state index contributed by atoms with van der Waals surface area (Å²) in [5, 5.41) is 3.07. The van der Waals surface area contributed by atoms with Crippen LogP contribution in [-0.2, 0) is 0 Å². The van der Waals surface area contributed by atoms with Gasteiger partial charge in [-0.1, -0.05) is 42.0 Å². The van der Waals surface area contributed by atoms with E-state index in [1.807, 2.05) is 37.3 Å². The molecule has 5 heteroatoms. The summed E-state index contributed by atoms with van der Waals surface area (Å²) in [5.41, 5.74) is 4.80. The van der Waals surface area contributed by atoms with Crippen molar-refractivity contribution in [1.29, 1.82) is 0 Å². The highest BCUT2D eigenvalue weighted by atomic mass is 16.1. The van der Waals surface area contributed by atoms with Crippen LogP contribution in [0.15, 0.2) is 60.9 Å². The predicted octanol–water partition coefficient (Wildman–Crippen LogP) is 4.54. The quantitative estimate of drug-likeness (QED) is 0.699. The van der Waals surface area contributed by atoms with E-state index in [-0.39, 0.29) is 11.9 Å². The molecule has 0 aliphatic carbocycles. The van der Waals surface area contributed by atoms with Crippen LogP contribution >= 0.6 is 0 Å². The SMILES string of the molecule is Cc1ccc(C(C)NC(=O)c2ccc(-c3cc(N4CCCC4)ncn3)cc2)cc1. The Hall–Kier alpha value is -3.21. The van der Waals surface area contributed by atoms with Crippen LogP contribution in [0.5, 0.6) is 0 Å². The molecule has 0 saturated carbocycles. The second-order valence-electron chi connectivity index (χ2n) is 7.64. The summed E-state index contributed by atoms with van der Waals surface area (Å²) >= 11 is 0. The molecule has 0 radical (unpaired) electrons. The summed E-state index contributed by atoms with van der Waals surface area (Å²) in [6.07, 6.45) is 4.04. The van der Waals surface area contributed by atoms with Gasteiger partial charge in [0, 0.05) is 30.3 Å². The first-order valence-electron chi connectivity index (χ1n) is 10.1. The minimum atomic E-state index is -0.0786. The second-order valence-corrected chi connectivity index (χ2v) is 7.64. The van der Waals surface area contributed by atoms with Gasteiger partial charge in [-0.25, -0.2) is 9.97 Å². The zero-order valence-corrected chi connectivity index (χ0v) is 16.9. The van der Waals surface area contributed by atoms with E-state index in [9.17, 15) is 4.79 Å². The van der Waals surface area contributed by atoms with Crippen molar-refractivity contribution in [1.82, 2.24) is 15.3 Å². The van der Waals surface area contributed by atoms with Crippen molar-refractivity contribution in [3.8, 4) is 11.3 Å². The molecule has 0 spiro atoms. The molecule has 2 heterocycles. The molecule has 3 aromatic rings. The van der Waals surface area contributed by atoms with Gasteiger partial charge in [-0.15, -0.1) is 0 Å². The average Bonchev–Trinajstić information content (AvgIpc) is 3.29. The van der Waals surface area contributed by atoms with Crippen molar-refractivity contribution < 1.29 is 4.79 Å². The van der Waals surface area contributed by atoms with Gasteiger partial charge in [-0.3, -0.25) is 4.79 Å². The van der Waals surface area contributed by atoms with Crippen LogP contribution in [0.3, 0.4) is 0 Å². The van der Waals surface area contributed by atoms with Gasteiger partial charge >= 0.3 is 0 Å². The van der Waals surface area contributed by atoms with Crippen LogP contribution in [-0.4, -0.2) is 29.0 Å². The highest BCUT2D eigenvalue weighted by Crippen LogP contribution is 2.24. The number of amides is 1. The highest BCUT2D eigenvalue weighted by molar-refractivity contribution is 5.94. The van der Waals surface area contributed by atoms with Crippen LogP contribution in [0.1, 0.15) is 47.3 Å². The Kier molecular flexibility index (Phi) is 5.56. The molecule has 1 unspecified atom stereocenters. The number of benzene rings is 2. The summed E-state index contributed by atoms with van der Waals surface area (Å²) in [6, 6.07) is 17.8. The molecule has 1 fully saturated rings. The summed E-state index contributed by atoms with van der Waals surface area (Å²) < 4.78 is 0. The number of nitrogens with zero attached hydrogens (tertiary/aromatic N) is 3. The summed E-state index contributed by atoms with van der Waals surface area (Å²) in [6.45, 7) is 6.15. The van der Waals surface area contributed by atoms with Gasteiger partial charge in [-0.05, 0) is 44.4 Å². The van der Waals surface area contributed by atoms with E-state index in [1.54, 1.807) is 6.33 Å². The first-order chi connectivity index (χ1) is 14.1. The molecule has 1 aromatic heterocycles. The zero-order chi connectivity index (χ0) is 20.2. The maximum Gasteiger partial charge on any atom is 0.251 e. The number of hydrogen-bond donors (Lipinski definition) is 1. The van der Waals surface area contributed by atoms with Gasteiger partial charge in [0.25, 0.3) is 5.91 Å². The maximum absolute atomic E-state index is 12.6. The monoisotopic (exact) mass is 386 g/mol. The van der Waals surface area contributed by atoms with Crippen molar-refractivity contribution in [2.75, 3.05) is 18.0 Å². The Balaban J connectivity index is 1.45. The Labute approximate surface area is 171 Å².